The third-order valence-corrected chi connectivity index (χ3v) is 3.82. The number of halogens is 1. The van der Waals surface area contributed by atoms with Gasteiger partial charge in [0.2, 0.25) is 0 Å². The highest BCUT2D eigenvalue weighted by Gasteiger charge is 2.09. The SMILES string of the molecule is O=C(Nc1ccc(-c2cc(F)cc(C(=O)O)c2)cc1)OCc1ccccc1. The highest BCUT2D eigenvalue weighted by molar-refractivity contribution is 5.90. The monoisotopic (exact) mass is 365 g/mol. The molecule has 0 bridgehead atoms. The smallest absolute Gasteiger partial charge is 0.411 e. The lowest BCUT2D eigenvalue weighted by molar-refractivity contribution is 0.0696. The fraction of sp³-hybridized carbons (Fsp3) is 0.0476. The van der Waals surface area contributed by atoms with Crippen LogP contribution in [0.5, 0.6) is 0 Å². The lowest BCUT2D eigenvalue weighted by atomic mass is 10.0. The largest absolute Gasteiger partial charge is 0.478 e. The highest BCUT2D eigenvalue weighted by Crippen LogP contribution is 2.24. The molecule has 0 radical (unpaired) electrons. The summed E-state index contributed by atoms with van der Waals surface area (Å²) in [4.78, 5) is 22.9. The molecular weight excluding hydrogens is 349 g/mol. The highest BCUT2D eigenvalue weighted by atomic mass is 19.1. The zero-order valence-electron chi connectivity index (χ0n) is 14.2. The second-order valence-corrected chi connectivity index (χ2v) is 5.80. The number of nitrogens with one attached hydrogen (secondary N) is 1. The van der Waals surface area contributed by atoms with Crippen LogP contribution in [-0.2, 0) is 11.3 Å². The molecule has 0 fully saturated rings. The quantitative estimate of drug-likeness (QED) is 0.671. The van der Waals surface area contributed by atoms with E-state index >= 15 is 0 Å². The normalized spacial score (nSPS) is 10.3. The molecule has 3 rings (SSSR count). The van der Waals surface area contributed by atoms with Gasteiger partial charge in [-0.2, -0.15) is 0 Å². The summed E-state index contributed by atoms with van der Waals surface area (Å²) in [6, 6.07) is 19.5. The second kappa shape index (κ2) is 8.14. The Kier molecular flexibility index (Phi) is 5.47. The number of carbonyl (C=O) groups excluding carboxylic acids is 1. The van der Waals surface area contributed by atoms with Crippen molar-refractivity contribution < 1.29 is 23.8 Å². The van der Waals surface area contributed by atoms with E-state index in [1.165, 1.54) is 12.1 Å². The minimum atomic E-state index is -1.20. The molecule has 1 amide bonds. The van der Waals surface area contributed by atoms with Gasteiger partial charge in [-0.05, 0) is 47.0 Å². The van der Waals surface area contributed by atoms with Crippen LogP contribution in [0.2, 0.25) is 0 Å². The van der Waals surface area contributed by atoms with Crippen molar-refractivity contribution in [1.29, 1.82) is 0 Å². The van der Waals surface area contributed by atoms with Crippen LogP contribution < -0.4 is 5.32 Å². The number of carbonyl (C=O) groups is 2. The minimum absolute atomic E-state index is 0.128. The van der Waals surface area contributed by atoms with Gasteiger partial charge >= 0.3 is 12.1 Å². The molecule has 2 N–H and O–H groups in total. The second-order valence-electron chi connectivity index (χ2n) is 5.80. The minimum Gasteiger partial charge on any atom is -0.478 e. The standard InChI is InChI=1S/C21H16FNO4/c22-18-11-16(10-17(12-18)20(24)25)15-6-8-19(9-7-15)23-21(26)27-13-14-4-2-1-3-5-14/h1-12H,13H2,(H,23,26)(H,24,25). The number of aromatic carboxylic acids is 1. The molecule has 3 aromatic rings. The Morgan fingerprint density at radius 3 is 2.30 bits per heavy atom. The van der Waals surface area contributed by atoms with Gasteiger partial charge in [0.25, 0.3) is 0 Å². The van der Waals surface area contributed by atoms with Crippen LogP contribution in [-0.4, -0.2) is 17.2 Å². The first kappa shape index (κ1) is 18.1. The van der Waals surface area contributed by atoms with Crippen LogP contribution in [0.1, 0.15) is 15.9 Å². The summed E-state index contributed by atoms with van der Waals surface area (Å²) in [5.41, 5.74) is 2.32. The molecule has 0 aliphatic rings. The number of hydrogen-bond donors (Lipinski definition) is 2. The first-order chi connectivity index (χ1) is 13.0. The summed E-state index contributed by atoms with van der Waals surface area (Å²) in [5, 5.41) is 11.6. The summed E-state index contributed by atoms with van der Waals surface area (Å²) in [7, 11) is 0. The average Bonchev–Trinajstić information content (AvgIpc) is 2.67. The van der Waals surface area contributed by atoms with Crippen molar-refractivity contribution in [2.24, 2.45) is 0 Å². The van der Waals surface area contributed by atoms with Crippen molar-refractivity contribution in [3.63, 3.8) is 0 Å². The van der Waals surface area contributed by atoms with Gasteiger partial charge in [0, 0.05) is 5.69 Å². The van der Waals surface area contributed by atoms with E-state index in [0.29, 0.717) is 16.8 Å². The number of carboxylic acid groups (broad SMARTS) is 1. The van der Waals surface area contributed by atoms with Crippen LogP contribution in [0.25, 0.3) is 11.1 Å². The van der Waals surface area contributed by atoms with E-state index in [2.05, 4.69) is 5.32 Å². The van der Waals surface area contributed by atoms with Gasteiger partial charge < -0.3 is 9.84 Å². The summed E-state index contributed by atoms with van der Waals surface area (Å²) >= 11 is 0. The topological polar surface area (TPSA) is 75.6 Å². The van der Waals surface area contributed by atoms with Crippen molar-refractivity contribution in [1.82, 2.24) is 0 Å². The first-order valence-electron chi connectivity index (χ1n) is 8.13. The van der Waals surface area contributed by atoms with Crippen LogP contribution in [0.4, 0.5) is 14.9 Å². The van der Waals surface area contributed by atoms with E-state index in [-0.39, 0.29) is 12.2 Å². The molecule has 6 heteroatoms. The fourth-order valence-electron chi connectivity index (χ4n) is 2.50. The fourth-order valence-corrected chi connectivity index (χ4v) is 2.50. The molecule has 3 aromatic carbocycles. The lowest BCUT2D eigenvalue weighted by Gasteiger charge is -2.09. The summed E-state index contributed by atoms with van der Waals surface area (Å²) < 4.78 is 18.8. The molecule has 5 nitrogen and oxygen atoms in total. The summed E-state index contributed by atoms with van der Waals surface area (Å²) in [6.45, 7) is 0.159. The summed E-state index contributed by atoms with van der Waals surface area (Å²) in [6.07, 6.45) is -0.592. The maximum absolute atomic E-state index is 13.6. The first-order valence-corrected chi connectivity index (χ1v) is 8.13. The zero-order chi connectivity index (χ0) is 19.2. The van der Waals surface area contributed by atoms with Gasteiger partial charge in [0.1, 0.15) is 12.4 Å². The third-order valence-electron chi connectivity index (χ3n) is 3.82. The van der Waals surface area contributed by atoms with E-state index < -0.39 is 17.9 Å². The molecule has 0 spiro atoms. The molecule has 0 aromatic heterocycles. The van der Waals surface area contributed by atoms with Gasteiger partial charge in [-0.3, -0.25) is 5.32 Å². The van der Waals surface area contributed by atoms with E-state index in [1.54, 1.807) is 24.3 Å². The van der Waals surface area contributed by atoms with Crippen LogP contribution in [0, 0.1) is 5.82 Å². The lowest BCUT2D eigenvalue weighted by Crippen LogP contribution is -2.13. The Labute approximate surface area is 155 Å². The molecule has 0 atom stereocenters. The van der Waals surface area contributed by atoms with Crippen molar-refractivity contribution in [3.8, 4) is 11.1 Å². The molecule has 0 saturated carbocycles. The number of amides is 1. The maximum Gasteiger partial charge on any atom is 0.411 e. The predicted octanol–water partition coefficient (Wildman–Crippen LogP) is 4.94. The van der Waals surface area contributed by atoms with E-state index in [1.807, 2.05) is 30.3 Å². The molecule has 0 saturated heterocycles. The van der Waals surface area contributed by atoms with Crippen LogP contribution in [0.15, 0.2) is 72.8 Å². The number of rotatable bonds is 5. The number of carboxylic acids is 1. The van der Waals surface area contributed by atoms with Gasteiger partial charge in [-0.15, -0.1) is 0 Å². The number of hydrogen-bond acceptors (Lipinski definition) is 3. The third kappa shape index (κ3) is 4.92. The van der Waals surface area contributed by atoms with E-state index in [9.17, 15) is 14.0 Å². The average molecular weight is 365 g/mol. The molecule has 0 heterocycles. The zero-order valence-corrected chi connectivity index (χ0v) is 14.2. The van der Waals surface area contributed by atoms with Crippen LogP contribution in [0.3, 0.4) is 0 Å². The predicted molar refractivity (Wildman–Crippen MR) is 99.0 cm³/mol. The Hall–Kier alpha value is -3.67. The van der Waals surface area contributed by atoms with Crippen molar-refractivity contribution in [3.05, 3.63) is 89.7 Å². The molecule has 0 aliphatic heterocycles. The number of ether oxygens (including phenoxy) is 1. The van der Waals surface area contributed by atoms with E-state index in [0.717, 1.165) is 11.6 Å². The van der Waals surface area contributed by atoms with Crippen molar-refractivity contribution in [2.75, 3.05) is 5.32 Å². The molecule has 0 unspecified atom stereocenters. The van der Waals surface area contributed by atoms with Crippen molar-refractivity contribution >= 4 is 17.7 Å². The Bertz CT molecular complexity index is 956. The molecular formula is C21H16FNO4. The van der Waals surface area contributed by atoms with Gasteiger partial charge in [-0.25, -0.2) is 14.0 Å². The van der Waals surface area contributed by atoms with Gasteiger partial charge in [0.15, 0.2) is 0 Å². The molecule has 136 valence electrons. The number of anilines is 1. The van der Waals surface area contributed by atoms with E-state index in [4.69, 9.17) is 9.84 Å². The van der Waals surface area contributed by atoms with Gasteiger partial charge in [0.05, 0.1) is 5.56 Å². The molecule has 27 heavy (non-hydrogen) atoms. The number of benzene rings is 3. The van der Waals surface area contributed by atoms with Crippen LogP contribution >= 0.6 is 0 Å². The summed E-state index contributed by atoms with van der Waals surface area (Å²) in [5.74, 6) is -1.83. The maximum atomic E-state index is 13.6. The Balaban J connectivity index is 1.65. The Morgan fingerprint density at radius 2 is 1.63 bits per heavy atom. The van der Waals surface area contributed by atoms with Crippen molar-refractivity contribution in [2.45, 2.75) is 6.61 Å². The Morgan fingerprint density at radius 1 is 0.926 bits per heavy atom. The molecule has 0 aliphatic carbocycles. The van der Waals surface area contributed by atoms with Gasteiger partial charge in [-0.1, -0.05) is 42.5 Å².